The van der Waals surface area contributed by atoms with Crippen molar-refractivity contribution in [3.63, 3.8) is 0 Å². The van der Waals surface area contributed by atoms with E-state index in [1.807, 2.05) is 5.38 Å². The average molecular weight is 268 g/mol. The summed E-state index contributed by atoms with van der Waals surface area (Å²) < 4.78 is 0. The molecule has 0 aliphatic carbocycles. The molecule has 0 atom stereocenters. The van der Waals surface area contributed by atoms with Crippen LogP contribution in [0.4, 0.5) is 5.69 Å². The lowest BCUT2D eigenvalue weighted by atomic mass is 10.2. The highest BCUT2D eigenvalue weighted by Crippen LogP contribution is 2.19. The number of nitrogens with zero attached hydrogens (tertiary/aromatic N) is 1. The Kier molecular flexibility index (Phi) is 3.61. The van der Waals surface area contributed by atoms with E-state index < -0.39 is 0 Å². The van der Waals surface area contributed by atoms with Gasteiger partial charge in [-0.2, -0.15) is 0 Å². The first-order chi connectivity index (χ1) is 8.16. The van der Waals surface area contributed by atoms with Gasteiger partial charge in [-0.15, -0.1) is 11.3 Å². The minimum atomic E-state index is -0.192. The van der Waals surface area contributed by atoms with E-state index in [-0.39, 0.29) is 5.91 Å². The van der Waals surface area contributed by atoms with Gasteiger partial charge in [0, 0.05) is 17.1 Å². The molecule has 0 saturated heterocycles. The van der Waals surface area contributed by atoms with Gasteiger partial charge >= 0.3 is 0 Å². The molecular formula is C11H10ClN3OS. The number of carbonyl (C=O) groups excluding carboxylic acids is 1. The molecular weight excluding hydrogens is 258 g/mol. The fourth-order valence-electron chi connectivity index (χ4n) is 1.27. The van der Waals surface area contributed by atoms with Crippen LogP contribution in [-0.2, 0) is 6.54 Å². The molecule has 1 aromatic heterocycles. The first-order valence-corrected chi connectivity index (χ1v) is 6.14. The summed E-state index contributed by atoms with van der Waals surface area (Å²) in [7, 11) is 0. The van der Waals surface area contributed by atoms with Crippen molar-refractivity contribution in [3.05, 3.63) is 45.4 Å². The molecule has 88 valence electrons. The monoisotopic (exact) mass is 267 g/mol. The Labute approximate surface area is 107 Å². The molecule has 17 heavy (non-hydrogen) atoms. The molecule has 0 aliphatic heterocycles. The van der Waals surface area contributed by atoms with E-state index in [0.717, 1.165) is 5.01 Å². The second kappa shape index (κ2) is 5.16. The molecule has 1 aromatic carbocycles. The molecule has 2 aromatic rings. The van der Waals surface area contributed by atoms with Crippen LogP contribution in [0.3, 0.4) is 0 Å². The molecule has 0 unspecified atom stereocenters. The summed E-state index contributed by atoms with van der Waals surface area (Å²) in [5, 5.41) is 5.86. The lowest BCUT2D eigenvalue weighted by molar-refractivity contribution is 0.0951. The minimum Gasteiger partial charge on any atom is -0.398 e. The molecule has 3 N–H and O–H groups in total. The van der Waals surface area contributed by atoms with Crippen molar-refractivity contribution < 1.29 is 4.79 Å². The zero-order valence-corrected chi connectivity index (χ0v) is 10.4. The van der Waals surface area contributed by atoms with Crippen LogP contribution < -0.4 is 11.1 Å². The quantitative estimate of drug-likeness (QED) is 0.839. The highest BCUT2D eigenvalue weighted by Gasteiger charge is 2.07. The number of hydrogen-bond acceptors (Lipinski definition) is 4. The molecule has 0 fully saturated rings. The number of anilines is 1. The first-order valence-electron chi connectivity index (χ1n) is 4.88. The highest BCUT2D eigenvalue weighted by atomic mass is 35.5. The molecule has 0 saturated carbocycles. The summed E-state index contributed by atoms with van der Waals surface area (Å²) >= 11 is 7.34. The third-order valence-electron chi connectivity index (χ3n) is 2.15. The van der Waals surface area contributed by atoms with Crippen molar-refractivity contribution in [3.8, 4) is 0 Å². The van der Waals surface area contributed by atoms with Crippen LogP contribution in [-0.4, -0.2) is 10.9 Å². The van der Waals surface area contributed by atoms with E-state index in [2.05, 4.69) is 10.3 Å². The van der Waals surface area contributed by atoms with Crippen LogP contribution in [0.1, 0.15) is 15.4 Å². The lowest BCUT2D eigenvalue weighted by Crippen LogP contribution is -2.22. The van der Waals surface area contributed by atoms with Gasteiger partial charge in [-0.1, -0.05) is 11.6 Å². The van der Waals surface area contributed by atoms with Crippen LogP contribution in [0, 0.1) is 0 Å². The van der Waals surface area contributed by atoms with Crippen molar-refractivity contribution in [1.29, 1.82) is 0 Å². The average Bonchev–Trinajstić information content (AvgIpc) is 2.82. The third-order valence-corrected chi connectivity index (χ3v) is 3.25. The smallest absolute Gasteiger partial charge is 0.251 e. The highest BCUT2D eigenvalue weighted by molar-refractivity contribution is 7.09. The first kappa shape index (κ1) is 11.9. The molecule has 0 aliphatic rings. The maximum atomic E-state index is 11.8. The fourth-order valence-corrected chi connectivity index (χ4v) is 2.00. The number of halogens is 1. The normalized spacial score (nSPS) is 10.2. The number of nitrogen functional groups attached to an aromatic ring is 1. The number of nitrogens with one attached hydrogen (secondary N) is 1. The molecule has 1 heterocycles. The number of amides is 1. The van der Waals surface area contributed by atoms with Crippen LogP contribution in [0.25, 0.3) is 0 Å². The second-order valence-corrected chi connectivity index (χ2v) is 4.73. The van der Waals surface area contributed by atoms with Gasteiger partial charge in [-0.25, -0.2) is 4.98 Å². The Balaban J connectivity index is 2.02. The van der Waals surface area contributed by atoms with Crippen molar-refractivity contribution in [2.75, 3.05) is 5.73 Å². The van der Waals surface area contributed by atoms with E-state index in [4.69, 9.17) is 17.3 Å². The van der Waals surface area contributed by atoms with Gasteiger partial charge in [-0.3, -0.25) is 4.79 Å². The molecule has 0 radical (unpaired) electrons. The van der Waals surface area contributed by atoms with Crippen molar-refractivity contribution in [1.82, 2.24) is 10.3 Å². The summed E-state index contributed by atoms with van der Waals surface area (Å²) in [5.41, 5.74) is 6.52. The van der Waals surface area contributed by atoms with Crippen molar-refractivity contribution in [2.45, 2.75) is 6.54 Å². The van der Waals surface area contributed by atoms with E-state index in [0.29, 0.717) is 22.8 Å². The van der Waals surface area contributed by atoms with E-state index in [1.54, 1.807) is 24.4 Å². The van der Waals surface area contributed by atoms with E-state index in [9.17, 15) is 4.79 Å². The van der Waals surface area contributed by atoms with Gasteiger partial charge < -0.3 is 11.1 Å². The van der Waals surface area contributed by atoms with Crippen molar-refractivity contribution >= 4 is 34.5 Å². The molecule has 0 bridgehead atoms. The summed E-state index contributed by atoms with van der Waals surface area (Å²) in [5.74, 6) is -0.192. The molecule has 6 heteroatoms. The topological polar surface area (TPSA) is 68.0 Å². The maximum Gasteiger partial charge on any atom is 0.251 e. The molecule has 1 amide bonds. The Hall–Kier alpha value is -1.59. The van der Waals surface area contributed by atoms with Crippen LogP contribution in [0.5, 0.6) is 0 Å². The number of hydrogen-bond donors (Lipinski definition) is 2. The standard InChI is InChI=1S/C11H10ClN3OS/c12-8-5-7(1-2-9(8)13)11(16)15-6-10-14-3-4-17-10/h1-5H,6,13H2,(H,15,16). The van der Waals surface area contributed by atoms with Gasteiger partial charge in [-0.05, 0) is 18.2 Å². The summed E-state index contributed by atoms with van der Waals surface area (Å²) in [6.07, 6.45) is 1.70. The van der Waals surface area contributed by atoms with Crippen LogP contribution in [0.2, 0.25) is 5.02 Å². The molecule has 2 rings (SSSR count). The number of aromatic nitrogens is 1. The lowest BCUT2D eigenvalue weighted by Gasteiger charge is -2.04. The second-order valence-electron chi connectivity index (χ2n) is 3.34. The Morgan fingerprint density at radius 2 is 2.35 bits per heavy atom. The number of rotatable bonds is 3. The number of carbonyl (C=O) groups is 1. The number of nitrogens with two attached hydrogens (primary N) is 1. The van der Waals surface area contributed by atoms with Crippen LogP contribution in [0.15, 0.2) is 29.8 Å². The van der Waals surface area contributed by atoms with Crippen LogP contribution >= 0.6 is 22.9 Å². The van der Waals surface area contributed by atoms with Gasteiger partial charge in [0.15, 0.2) is 0 Å². The zero-order valence-electron chi connectivity index (χ0n) is 8.81. The van der Waals surface area contributed by atoms with Crippen molar-refractivity contribution in [2.24, 2.45) is 0 Å². The predicted molar refractivity (Wildman–Crippen MR) is 69.1 cm³/mol. The van der Waals surface area contributed by atoms with Gasteiger partial charge in [0.05, 0.1) is 17.3 Å². The fraction of sp³-hybridized carbons (Fsp3) is 0.0909. The SMILES string of the molecule is Nc1ccc(C(=O)NCc2nccs2)cc1Cl. The minimum absolute atomic E-state index is 0.192. The van der Waals surface area contributed by atoms with Gasteiger partial charge in [0.25, 0.3) is 5.91 Å². The summed E-state index contributed by atoms with van der Waals surface area (Å²) in [6.45, 7) is 0.415. The third kappa shape index (κ3) is 2.95. The van der Waals surface area contributed by atoms with E-state index >= 15 is 0 Å². The van der Waals surface area contributed by atoms with Gasteiger partial charge in [0.1, 0.15) is 5.01 Å². The maximum absolute atomic E-state index is 11.8. The van der Waals surface area contributed by atoms with E-state index in [1.165, 1.54) is 11.3 Å². The summed E-state index contributed by atoms with van der Waals surface area (Å²) in [6, 6.07) is 4.80. The van der Waals surface area contributed by atoms with Gasteiger partial charge in [0.2, 0.25) is 0 Å². The Morgan fingerprint density at radius 1 is 1.53 bits per heavy atom. The number of benzene rings is 1. The largest absolute Gasteiger partial charge is 0.398 e. The molecule has 0 spiro atoms. The zero-order chi connectivity index (χ0) is 12.3. The number of thiazole rings is 1. The summed E-state index contributed by atoms with van der Waals surface area (Å²) in [4.78, 5) is 15.8. The molecule has 4 nitrogen and oxygen atoms in total. The Bertz CT molecular complexity index is 528. The predicted octanol–water partition coefficient (Wildman–Crippen LogP) is 2.31. The Morgan fingerprint density at radius 3 is 3.00 bits per heavy atom.